The average molecular weight is 236 g/mol. The van der Waals surface area contributed by atoms with E-state index in [1.807, 2.05) is 24.9 Å². The Labute approximate surface area is 99.3 Å². The maximum Gasteiger partial charge on any atom is 0.0926 e. The summed E-state index contributed by atoms with van der Waals surface area (Å²) < 4.78 is 1.86. The zero-order valence-electron chi connectivity index (χ0n) is 9.82. The quantitative estimate of drug-likeness (QED) is 0.886. The fourth-order valence-electron chi connectivity index (χ4n) is 1.45. The van der Waals surface area contributed by atoms with Crippen LogP contribution >= 0.6 is 11.3 Å². The van der Waals surface area contributed by atoms with Gasteiger partial charge in [0.2, 0.25) is 0 Å². The lowest BCUT2D eigenvalue weighted by atomic mass is 10.3. The summed E-state index contributed by atoms with van der Waals surface area (Å²) in [6.07, 6.45) is 2.86. The van der Waals surface area contributed by atoms with Gasteiger partial charge in [0.25, 0.3) is 0 Å². The van der Waals surface area contributed by atoms with E-state index in [1.165, 1.54) is 5.01 Å². The van der Waals surface area contributed by atoms with Gasteiger partial charge in [0, 0.05) is 12.4 Å². The van der Waals surface area contributed by atoms with Crippen molar-refractivity contribution in [3.05, 3.63) is 28.0 Å². The van der Waals surface area contributed by atoms with Crippen molar-refractivity contribution in [3.8, 4) is 0 Å². The second kappa shape index (κ2) is 4.65. The SMILES string of the molecule is CCc1nc(CNc2cnn(C)c2C)cs1. The first-order valence-electron chi connectivity index (χ1n) is 5.36. The molecule has 2 aromatic heterocycles. The van der Waals surface area contributed by atoms with E-state index in [9.17, 15) is 0 Å². The van der Waals surface area contributed by atoms with Crippen LogP contribution in [0.25, 0.3) is 0 Å². The first kappa shape index (κ1) is 11.1. The van der Waals surface area contributed by atoms with E-state index in [2.05, 4.69) is 27.7 Å². The standard InChI is InChI=1S/C11H16N4S/c1-4-11-14-9(7-16-11)5-12-10-6-13-15(3)8(10)2/h6-7,12H,4-5H2,1-3H3. The zero-order valence-corrected chi connectivity index (χ0v) is 10.6. The lowest BCUT2D eigenvalue weighted by molar-refractivity contribution is 0.740. The van der Waals surface area contributed by atoms with Gasteiger partial charge in [-0.15, -0.1) is 11.3 Å². The monoisotopic (exact) mass is 236 g/mol. The predicted molar refractivity (Wildman–Crippen MR) is 66.8 cm³/mol. The number of nitrogens with zero attached hydrogens (tertiary/aromatic N) is 3. The Morgan fingerprint density at radius 1 is 1.50 bits per heavy atom. The van der Waals surface area contributed by atoms with Gasteiger partial charge in [-0.05, 0) is 13.3 Å². The van der Waals surface area contributed by atoms with E-state index in [0.717, 1.165) is 30.0 Å². The van der Waals surface area contributed by atoms with Crippen molar-refractivity contribution >= 4 is 17.0 Å². The molecule has 86 valence electrons. The smallest absolute Gasteiger partial charge is 0.0926 e. The number of thiazole rings is 1. The summed E-state index contributed by atoms with van der Waals surface area (Å²) in [6, 6.07) is 0. The fourth-order valence-corrected chi connectivity index (χ4v) is 2.20. The van der Waals surface area contributed by atoms with Crippen LogP contribution in [0.4, 0.5) is 5.69 Å². The molecule has 0 saturated carbocycles. The summed E-state index contributed by atoms with van der Waals surface area (Å²) in [6.45, 7) is 4.94. The van der Waals surface area contributed by atoms with Gasteiger partial charge in [-0.2, -0.15) is 5.10 Å². The van der Waals surface area contributed by atoms with E-state index in [1.54, 1.807) is 11.3 Å². The number of anilines is 1. The molecular weight excluding hydrogens is 220 g/mol. The summed E-state index contributed by atoms with van der Waals surface area (Å²) in [7, 11) is 1.94. The second-order valence-corrected chi connectivity index (χ2v) is 4.65. The number of aromatic nitrogens is 3. The van der Waals surface area contributed by atoms with Gasteiger partial charge in [0.1, 0.15) is 0 Å². The molecule has 2 heterocycles. The van der Waals surface area contributed by atoms with Gasteiger partial charge in [0.15, 0.2) is 0 Å². The molecule has 16 heavy (non-hydrogen) atoms. The van der Waals surface area contributed by atoms with Crippen molar-refractivity contribution in [3.63, 3.8) is 0 Å². The number of rotatable bonds is 4. The van der Waals surface area contributed by atoms with Crippen LogP contribution in [-0.2, 0) is 20.0 Å². The van der Waals surface area contributed by atoms with E-state index in [4.69, 9.17) is 0 Å². The first-order valence-corrected chi connectivity index (χ1v) is 6.24. The summed E-state index contributed by atoms with van der Waals surface area (Å²) >= 11 is 1.72. The van der Waals surface area contributed by atoms with Crippen LogP contribution in [0.15, 0.2) is 11.6 Å². The molecule has 0 saturated heterocycles. The van der Waals surface area contributed by atoms with E-state index in [0.29, 0.717) is 0 Å². The Hall–Kier alpha value is -1.36. The first-order chi connectivity index (χ1) is 7.70. The summed E-state index contributed by atoms with van der Waals surface area (Å²) in [5.41, 5.74) is 3.32. The Kier molecular flexibility index (Phi) is 3.24. The molecule has 0 unspecified atom stereocenters. The normalized spacial score (nSPS) is 10.7. The summed E-state index contributed by atoms with van der Waals surface area (Å²) in [5.74, 6) is 0. The second-order valence-electron chi connectivity index (χ2n) is 3.71. The third-order valence-electron chi connectivity index (χ3n) is 2.60. The molecule has 0 bridgehead atoms. The topological polar surface area (TPSA) is 42.7 Å². The molecule has 0 atom stereocenters. The van der Waals surface area contributed by atoms with Crippen molar-refractivity contribution in [2.75, 3.05) is 5.32 Å². The number of aryl methyl sites for hydroxylation is 2. The van der Waals surface area contributed by atoms with Gasteiger partial charge in [-0.1, -0.05) is 6.92 Å². The minimum atomic E-state index is 0.767. The van der Waals surface area contributed by atoms with Crippen molar-refractivity contribution in [2.24, 2.45) is 7.05 Å². The van der Waals surface area contributed by atoms with Crippen LogP contribution in [0.5, 0.6) is 0 Å². The third kappa shape index (κ3) is 2.24. The third-order valence-corrected chi connectivity index (χ3v) is 3.64. The molecule has 0 radical (unpaired) electrons. The highest BCUT2D eigenvalue weighted by molar-refractivity contribution is 7.09. The van der Waals surface area contributed by atoms with E-state index >= 15 is 0 Å². The maximum absolute atomic E-state index is 4.51. The lowest BCUT2D eigenvalue weighted by Crippen LogP contribution is -2.01. The van der Waals surface area contributed by atoms with Crippen molar-refractivity contribution in [2.45, 2.75) is 26.8 Å². The maximum atomic E-state index is 4.51. The minimum absolute atomic E-state index is 0.767. The molecule has 0 spiro atoms. The summed E-state index contributed by atoms with van der Waals surface area (Å²) in [5, 5.41) is 10.8. The Balaban J connectivity index is 1.99. The average Bonchev–Trinajstić information content (AvgIpc) is 2.86. The molecule has 2 aromatic rings. The number of nitrogens with one attached hydrogen (secondary N) is 1. The van der Waals surface area contributed by atoms with Gasteiger partial charge in [-0.3, -0.25) is 4.68 Å². The minimum Gasteiger partial charge on any atom is -0.377 e. The molecule has 0 aliphatic carbocycles. The van der Waals surface area contributed by atoms with E-state index in [-0.39, 0.29) is 0 Å². The van der Waals surface area contributed by atoms with Crippen LogP contribution in [0, 0.1) is 6.92 Å². The number of hydrogen-bond acceptors (Lipinski definition) is 4. The van der Waals surface area contributed by atoms with Gasteiger partial charge < -0.3 is 5.32 Å². The predicted octanol–water partition coefficient (Wildman–Crippen LogP) is 2.36. The Morgan fingerprint density at radius 3 is 2.88 bits per heavy atom. The molecule has 2 rings (SSSR count). The van der Waals surface area contributed by atoms with Crippen LogP contribution in [-0.4, -0.2) is 14.8 Å². The molecule has 0 aliphatic heterocycles. The Bertz CT molecular complexity index is 472. The van der Waals surface area contributed by atoms with Crippen LogP contribution in [0.1, 0.15) is 23.3 Å². The molecule has 1 N–H and O–H groups in total. The van der Waals surface area contributed by atoms with E-state index < -0.39 is 0 Å². The fraction of sp³-hybridized carbons (Fsp3) is 0.455. The zero-order chi connectivity index (χ0) is 11.5. The summed E-state index contributed by atoms with van der Waals surface area (Å²) in [4.78, 5) is 4.51. The molecule has 0 fully saturated rings. The molecule has 0 aromatic carbocycles. The largest absolute Gasteiger partial charge is 0.377 e. The van der Waals surface area contributed by atoms with Gasteiger partial charge in [0.05, 0.1) is 34.8 Å². The molecule has 4 nitrogen and oxygen atoms in total. The molecule has 0 aliphatic rings. The number of hydrogen-bond donors (Lipinski definition) is 1. The lowest BCUT2D eigenvalue weighted by Gasteiger charge is -2.02. The van der Waals surface area contributed by atoms with Crippen molar-refractivity contribution in [1.82, 2.24) is 14.8 Å². The van der Waals surface area contributed by atoms with Crippen molar-refractivity contribution in [1.29, 1.82) is 0 Å². The van der Waals surface area contributed by atoms with Gasteiger partial charge in [-0.25, -0.2) is 4.98 Å². The highest BCUT2D eigenvalue weighted by Gasteiger charge is 2.04. The molecular formula is C11H16N4S. The van der Waals surface area contributed by atoms with Crippen LogP contribution in [0.3, 0.4) is 0 Å². The van der Waals surface area contributed by atoms with Crippen molar-refractivity contribution < 1.29 is 0 Å². The van der Waals surface area contributed by atoms with Crippen LogP contribution in [0.2, 0.25) is 0 Å². The highest BCUT2D eigenvalue weighted by Crippen LogP contribution is 2.15. The van der Waals surface area contributed by atoms with Gasteiger partial charge >= 0.3 is 0 Å². The molecule has 0 amide bonds. The van der Waals surface area contributed by atoms with Crippen LogP contribution < -0.4 is 5.32 Å². The Morgan fingerprint density at radius 2 is 2.31 bits per heavy atom. The molecule has 5 heteroatoms. The highest BCUT2D eigenvalue weighted by atomic mass is 32.1.